The molecule has 1 aliphatic rings. The van der Waals surface area contributed by atoms with Gasteiger partial charge in [-0.05, 0) is 25.3 Å². The number of rotatable bonds is 5. The number of quaternary nitrogens is 1. The summed E-state index contributed by atoms with van der Waals surface area (Å²) < 4.78 is 1.02. The quantitative estimate of drug-likeness (QED) is 0.844. The van der Waals surface area contributed by atoms with Gasteiger partial charge in [0.1, 0.15) is 13.1 Å². The Labute approximate surface area is 138 Å². The van der Waals surface area contributed by atoms with Crippen LogP contribution in [-0.4, -0.2) is 23.5 Å². The Morgan fingerprint density at radius 1 is 0.870 bits per heavy atom. The summed E-state index contributed by atoms with van der Waals surface area (Å²) >= 11 is 0. The highest BCUT2D eigenvalue weighted by Gasteiger charge is 2.31. The van der Waals surface area contributed by atoms with Crippen LogP contribution in [0.2, 0.25) is 0 Å². The second kappa shape index (κ2) is 6.97. The zero-order valence-electron chi connectivity index (χ0n) is 13.6. The number of carbonyl (C=O) groups excluding carboxylic acids is 1. The maximum atomic E-state index is 11.7. The molecule has 3 heteroatoms. The maximum Gasteiger partial charge on any atom is 0.249 e. The first-order chi connectivity index (χ1) is 11.2. The maximum absolute atomic E-state index is 11.7. The van der Waals surface area contributed by atoms with Crippen LogP contribution in [0.4, 0.5) is 0 Å². The Bertz CT molecular complexity index is 660. The summed E-state index contributed by atoms with van der Waals surface area (Å²) in [6, 6.07) is 18.5. The molecule has 2 N–H and O–H groups in total. The second-order valence-corrected chi connectivity index (χ2v) is 6.67. The van der Waals surface area contributed by atoms with E-state index >= 15 is 0 Å². The predicted octanol–water partition coefficient (Wildman–Crippen LogP) is 3.49. The van der Waals surface area contributed by atoms with E-state index in [1.54, 1.807) is 0 Å². The number of hydrogen-bond acceptors (Lipinski definition) is 1. The van der Waals surface area contributed by atoms with Crippen LogP contribution in [0.15, 0.2) is 54.6 Å². The zero-order valence-corrected chi connectivity index (χ0v) is 13.6. The zero-order chi connectivity index (χ0) is 16.1. The van der Waals surface area contributed by atoms with Crippen molar-refractivity contribution in [2.75, 3.05) is 13.1 Å². The van der Waals surface area contributed by atoms with Gasteiger partial charge in [0.25, 0.3) is 0 Å². The van der Waals surface area contributed by atoms with E-state index in [1.165, 1.54) is 37.9 Å². The molecule has 1 heterocycles. The van der Waals surface area contributed by atoms with E-state index in [4.69, 9.17) is 5.73 Å². The Kier molecular flexibility index (Phi) is 4.77. The van der Waals surface area contributed by atoms with Gasteiger partial charge >= 0.3 is 0 Å². The van der Waals surface area contributed by atoms with Crippen molar-refractivity contribution in [1.82, 2.24) is 0 Å². The summed E-state index contributed by atoms with van der Waals surface area (Å²) in [6.07, 6.45) is 3.82. The van der Waals surface area contributed by atoms with E-state index in [0.717, 1.165) is 23.1 Å². The van der Waals surface area contributed by atoms with Gasteiger partial charge in [-0.1, -0.05) is 48.5 Å². The number of primary amides is 1. The third-order valence-corrected chi connectivity index (χ3v) is 4.91. The first kappa shape index (κ1) is 15.8. The third-order valence-electron chi connectivity index (χ3n) is 4.91. The van der Waals surface area contributed by atoms with E-state index in [2.05, 4.69) is 36.4 Å². The Balaban J connectivity index is 1.89. The van der Waals surface area contributed by atoms with Crippen LogP contribution in [0.25, 0.3) is 0 Å². The largest absolute Gasteiger partial charge is 0.366 e. The lowest BCUT2D eigenvalue weighted by Gasteiger charge is -2.42. The van der Waals surface area contributed by atoms with Gasteiger partial charge in [-0.15, -0.1) is 0 Å². The molecule has 0 bridgehead atoms. The highest BCUT2D eigenvalue weighted by molar-refractivity contribution is 5.94. The second-order valence-electron chi connectivity index (χ2n) is 6.67. The van der Waals surface area contributed by atoms with E-state index in [0.29, 0.717) is 5.56 Å². The van der Waals surface area contributed by atoms with Gasteiger partial charge in [0.05, 0.1) is 13.1 Å². The minimum absolute atomic E-state index is 0.324. The molecule has 3 nitrogen and oxygen atoms in total. The Morgan fingerprint density at radius 2 is 1.52 bits per heavy atom. The van der Waals surface area contributed by atoms with Crippen LogP contribution in [0.3, 0.4) is 0 Å². The van der Waals surface area contributed by atoms with Crippen LogP contribution >= 0.6 is 0 Å². The fourth-order valence-corrected chi connectivity index (χ4v) is 3.79. The lowest BCUT2D eigenvalue weighted by Crippen LogP contribution is -2.50. The molecule has 23 heavy (non-hydrogen) atoms. The molecule has 0 saturated carbocycles. The van der Waals surface area contributed by atoms with Crippen molar-refractivity contribution in [1.29, 1.82) is 0 Å². The van der Waals surface area contributed by atoms with Gasteiger partial charge in [0, 0.05) is 16.7 Å². The van der Waals surface area contributed by atoms with Crippen LogP contribution in [-0.2, 0) is 13.1 Å². The lowest BCUT2D eigenvalue weighted by molar-refractivity contribution is -0.957. The van der Waals surface area contributed by atoms with E-state index in [9.17, 15) is 4.79 Å². The smallest absolute Gasteiger partial charge is 0.249 e. The first-order valence-corrected chi connectivity index (χ1v) is 8.45. The molecule has 2 aromatic carbocycles. The monoisotopic (exact) mass is 309 g/mol. The number of nitrogens with two attached hydrogens (primary N) is 1. The van der Waals surface area contributed by atoms with Crippen LogP contribution in [0, 0.1) is 0 Å². The molecule has 2 aromatic rings. The predicted molar refractivity (Wildman–Crippen MR) is 92.7 cm³/mol. The summed E-state index contributed by atoms with van der Waals surface area (Å²) in [6.45, 7) is 4.24. The van der Waals surface area contributed by atoms with Gasteiger partial charge in [-0.2, -0.15) is 0 Å². The molecule has 3 rings (SSSR count). The number of carbonyl (C=O) groups is 1. The molecule has 0 radical (unpaired) electrons. The molecule has 1 saturated heterocycles. The molecular formula is C20H25N2O+. The fraction of sp³-hybridized carbons (Fsp3) is 0.350. The number of likely N-dealkylation sites (tertiary alicyclic amines) is 1. The number of benzene rings is 2. The van der Waals surface area contributed by atoms with Crippen molar-refractivity contribution < 1.29 is 9.28 Å². The fourth-order valence-electron chi connectivity index (χ4n) is 3.79. The number of amides is 1. The molecule has 1 fully saturated rings. The SMILES string of the molecule is NC(=O)c1ccccc1C[N+]1(Cc2ccccc2)CCCCC1. The van der Waals surface area contributed by atoms with Crippen molar-refractivity contribution in [2.45, 2.75) is 32.4 Å². The van der Waals surface area contributed by atoms with Crippen molar-refractivity contribution in [3.05, 3.63) is 71.3 Å². The van der Waals surface area contributed by atoms with Crippen molar-refractivity contribution >= 4 is 5.91 Å². The topological polar surface area (TPSA) is 43.1 Å². The Hall–Kier alpha value is -2.13. The number of hydrogen-bond donors (Lipinski definition) is 1. The van der Waals surface area contributed by atoms with E-state index in [-0.39, 0.29) is 5.91 Å². The average molecular weight is 309 g/mol. The lowest BCUT2D eigenvalue weighted by atomic mass is 10.0. The molecule has 1 aliphatic heterocycles. The molecule has 0 aromatic heterocycles. The van der Waals surface area contributed by atoms with Crippen LogP contribution < -0.4 is 5.73 Å². The Morgan fingerprint density at radius 3 is 2.22 bits per heavy atom. The summed E-state index contributed by atoms with van der Waals surface area (Å²) in [5, 5.41) is 0. The number of nitrogens with zero attached hydrogens (tertiary/aromatic N) is 1. The summed E-state index contributed by atoms with van der Waals surface area (Å²) in [7, 11) is 0. The van der Waals surface area contributed by atoms with Crippen LogP contribution in [0.1, 0.15) is 40.7 Å². The van der Waals surface area contributed by atoms with Gasteiger partial charge in [0.2, 0.25) is 5.91 Å². The number of piperidine rings is 1. The molecule has 0 spiro atoms. The molecule has 1 amide bonds. The third kappa shape index (κ3) is 3.80. The highest BCUT2D eigenvalue weighted by Crippen LogP contribution is 2.27. The molecule has 0 atom stereocenters. The molecule has 0 unspecified atom stereocenters. The first-order valence-electron chi connectivity index (χ1n) is 8.45. The van der Waals surface area contributed by atoms with E-state index in [1.807, 2.05) is 18.2 Å². The van der Waals surface area contributed by atoms with Gasteiger partial charge in [-0.3, -0.25) is 4.79 Å². The highest BCUT2D eigenvalue weighted by atomic mass is 16.1. The standard InChI is InChI=1S/C20H24N2O/c21-20(23)19-12-6-5-11-18(19)16-22(13-7-2-8-14-22)15-17-9-3-1-4-10-17/h1,3-6,9-12H,2,7-8,13-16H2,(H-,21,23)/p+1. The minimum Gasteiger partial charge on any atom is -0.366 e. The summed E-state index contributed by atoms with van der Waals surface area (Å²) in [5.41, 5.74) is 8.69. The molecular weight excluding hydrogens is 284 g/mol. The summed E-state index contributed by atoms with van der Waals surface area (Å²) in [5.74, 6) is -0.324. The summed E-state index contributed by atoms with van der Waals surface area (Å²) in [4.78, 5) is 11.7. The van der Waals surface area contributed by atoms with E-state index < -0.39 is 0 Å². The minimum atomic E-state index is -0.324. The van der Waals surface area contributed by atoms with Gasteiger partial charge < -0.3 is 10.2 Å². The van der Waals surface area contributed by atoms with Crippen molar-refractivity contribution in [2.24, 2.45) is 5.73 Å². The average Bonchev–Trinajstić information content (AvgIpc) is 2.57. The molecule has 120 valence electrons. The van der Waals surface area contributed by atoms with Crippen LogP contribution in [0.5, 0.6) is 0 Å². The normalized spacial score (nSPS) is 16.9. The van der Waals surface area contributed by atoms with Crippen molar-refractivity contribution in [3.63, 3.8) is 0 Å². The van der Waals surface area contributed by atoms with Gasteiger partial charge in [-0.25, -0.2) is 0 Å². The molecule has 0 aliphatic carbocycles. The van der Waals surface area contributed by atoms with Gasteiger partial charge in [0.15, 0.2) is 0 Å². The van der Waals surface area contributed by atoms with Crippen molar-refractivity contribution in [3.8, 4) is 0 Å².